The lowest BCUT2D eigenvalue weighted by Crippen LogP contribution is -2.45. The highest BCUT2D eigenvalue weighted by molar-refractivity contribution is 8.18. The molecule has 8 heteroatoms. The van der Waals surface area contributed by atoms with Crippen molar-refractivity contribution in [1.82, 2.24) is 9.80 Å². The molecule has 1 aromatic rings. The Morgan fingerprint density at radius 1 is 1.36 bits per heavy atom. The van der Waals surface area contributed by atoms with Crippen LogP contribution in [0.3, 0.4) is 0 Å². The van der Waals surface area contributed by atoms with E-state index in [1.54, 1.807) is 41.5 Å². The highest BCUT2D eigenvalue weighted by Gasteiger charge is 2.35. The summed E-state index contributed by atoms with van der Waals surface area (Å²) < 4.78 is 5.17. The SMILES string of the molecule is O=C1SC(=CC=Cc2ccco2)C(=O)N1CCC(=O)N1CCCCC1CCO. The van der Waals surface area contributed by atoms with Gasteiger partial charge in [-0.25, -0.2) is 0 Å². The summed E-state index contributed by atoms with van der Waals surface area (Å²) in [5.74, 6) is 0.205. The molecule has 1 N–H and O–H groups in total. The summed E-state index contributed by atoms with van der Waals surface area (Å²) in [7, 11) is 0. The average molecular weight is 404 g/mol. The predicted octanol–water partition coefficient (Wildman–Crippen LogP) is 3.03. The zero-order valence-corrected chi connectivity index (χ0v) is 16.4. The largest absolute Gasteiger partial charge is 0.465 e. The van der Waals surface area contributed by atoms with Crippen LogP contribution < -0.4 is 0 Å². The van der Waals surface area contributed by atoms with Crippen molar-refractivity contribution in [3.8, 4) is 0 Å². The van der Waals surface area contributed by atoms with Gasteiger partial charge in [-0.3, -0.25) is 19.3 Å². The van der Waals surface area contributed by atoms with Crippen LogP contribution in [0.15, 0.2) is 39.9 Å². The van der Waals surface area contributed by atoms with Crippen molar-refractivity contribution in [2.45, 2.75) is 38.1 Å². The average Bonchev–Trinajstić information content (AvgIpc) is 3.29. The van der Waals surface area contributed by atoms with Gasteiger partial charge < -0.3 is 14.4 Å². The van der Waals surface area contributed by atoms with E-state index in [1.165, 1.54) is 0 Å². The molecule has 3 heterocycles. The van der Waals surface area contributed by atoms with Gasteiger partial charge in [-0.2, -0.15) is 0 Å². The maximum atomic E-state index is 12.6. The van der Waals surface area contributed by atoms with Crippen molar-refractivity contribution in [1.29, 1.82) is 0 Å². The minimum Gasteiger partial charge on any atom is -0.465 e. The number of imide groups is 1. The number of thioether (sulfide) groups is 1. The quantitative estimate of drug-likeness (QED) is 0.703. The lowest BCUT2D eigenvalue weighted by molar-refractivity contribution is -0.135. The molecular formula is C20H24N2O5S. The Balaban J connectivity index is 1.56. The number of hydrogen-bond donors (Lipinski definition) is 1. The van der Waals surface area contributed by atoms with Crippen molar-refractivity contribution in [3.63, 3.8) is 0 Å². The van der Waals surface area contributed by atoms with E-state index in [9.17, 15) is 19.5 Å². The van der Waals surface area contributed by atoms with Gasteiger partial charge in [0, 0.05) is 32.2 Å². The molecule has 1 aromatic heterocycles. The van der Waals surface area contributed by atoms with Crippen molar-refractivity contribution >= 4 is 34.9 Å². The summed E-state index contributed by atoms with van der Waals surface area (Å²) in [6.07, 6.45) is 10.1. The highest BCUT2D eigenvalue weighted by atomic mass is 32.2. The summed E-state index contributed by atoms with van der Waals surface area (Å²) in [5.41, 5.74) is 0. The van der Waals surface area contributed by atoms with Gasteiger partial charge in [0.15, 0.2) is 0 Å². The van der Waals surface area contributed by atoms with E-state index in [1.807, 2.05) is 0 Å². The third-order valence-corrected chi connectivity index (χ3v) is 5.81. The van der Waals surface area contributed by atoms with Gasteiger partial charge in [0.25, 0.3) is 11.1 Å². The second kappa shape index (κ2) is 9.75. The van der Waals surface area contributed by atoms with Crippen LogP contribution in [0.4, 0.5) is 4.79 Å². The van der Waals surface area contributed by atoms with E-state index in [-0.39, 0.29) is 42.7 Å². The number of carbonyl (C=O) groups excluding carboxylic acids is 3. The Hall–Kier alpha value is -2.32. The molecule has 2 saturated heterocycles. The lowest BCUT2D eigenvalue weighted by Gasteiger charge is -2.36. The van der Waals surface area contributed by atoms with Crippen LogP contribution in [0.25, 0.3) is 6.08 Å². The minimum atomic E-state index is -0.377. The van der Waals surface area contributed by atoms with E-state index in [4.69, 9.17) is 4.42 Å². The van der Waals surface area contributed by atoms with Crippen LogP contribution in [0.5, 0.6) is 0 Å². The number of hydrogen-bond acceptors (Lipinski definition) is 6. The fraction of sp³-hybridized carbons (Fsp3) is 0.450. The summed E-state index contributed by atoms with van der Waals surface area (Å²) in [5, 5.41) is 8.83. The van der Waals surface area contributed by atoms with Crippen LogP contribution in [0.1, 0.15) is 37.9 Å². The first kappa shape index (κ1) is 20.4. The molecule has 0 bridgehead atoms. The zero-order chi connectivity index (χ0) is 19.9. The fourth-order valence-corrected chi connectivity index (χ4v) is 4.27. The van der Waals surface area contributed by atoms with Crippen molar-refractivity contribution in [3.05, 3.63) is 41.2 Å². The summed E-state index contributed by atoms with van der Waals surface area (Å²) >= 11 is 0.874. The smallest absolute Gasteiger partial charge is 0.293 e. The Morgan fingerprint density at radius 3 is 2.96 bits per heavy atom. The molecule has 3 amide bonds. The van der Waals surface area contributed by atoms with Crippen LogP contribution >= 0.6 is 11.8 Å². The summed E-state index contributed by atoms with van der Waals surface area (Å²) in [6, 6.07) is 3.59. The van der Waals surface area contributed by atoms with Crippen molar-refractivity contribution in [2.24, 2.45) is 0 Å². The molecule has 7 nitrogen and oxygen atoms in total. The molecule has 0 radical (unpaired) electrons. The normalized spacial score (nSPS) is 22.0. The molecule has 2 fully saturated rings. The first-order valence-corrected chi connectivity index (χ1v) is 10.3. The van der Waals surface area contributed by atoms with Crippen LogP contribution in [0.2, 0.25) is 0 Å². The fourth-order valence-electron chi connectivity index (χ4n) is 3.45. The van der Waals surface area contributed by atoms with Gasteiger partial charge in [-0.05, 0) is 61.7 Å². The molecule has 0 aromatic carbocycles. The Labute approximate surface area is 168 Å². The maximum Gasteiger partial charge on any atom is 0.293 e. The van der Waals surface area contributed by atoms with Gasteiger partial charge in [-0.15, -0.1) is 0 Å². The van der Waals surface area contributed by atoms with E-state index in [0.29, 0.717) is 23.6 Å². The maximum absolute atomic E-state index is 12.6. The molecule has 0 saturated carbocycles. The lowest BCUT2D eigenvalue weighted by atomic mass is 9.99. The number of carbonyl (C=O) groups is 3. The van der Waals surface area contributed by atoms with Gasteiger partial charge in [0.05, 0.1) is 11.2 Å². The highest BCUT2D eigenvalue weighted by Crippen LogP contribution is 2.31. The predicted molar refractivity (Wildman–Crippen MR) is 106 cm³/mol. The molecule has 0 spiro atoms. The summed E-state index contributed by atoms with van der Waals surface area (Å²) in [6.45, 7) is 0.793. The molecule has 2 aliphatic rings. The number of piperidine rings is 1. The number of likely N-dealkylation sites (tertiary alicyclic amines) is 1. The topological polar surface area (TPSA) is 91.1 Å². The number of nitrogens with zero attached hydrogens (tertiary/aromatic N) is 2. The Bertz CT molecular complexity index is 770. The van der Waals surface area contributed by atoms with E-state index in [0.717, 1.165) is 35.9 Å². The van der Waals surface area contributed by atoms with Crippen molar-refractivity contribution in [2.75, 3.05) is 19.7 Å². The van der Waals surface area contributed by atoms with Crippen molar-refractivity contribution < 1.29 is 23.9 Å². The standard InChI is InChI=1S/C20H24N2O5S/c23-13-10-15-5-1-2-11-21(15)18(24)9-12-22-19(25)17(28-20(22)26)8-3-6-16-7-4-14-27-16/h3-4,6-8,14-15,23H,1-2,5,9-13H2. The van der Waals surface area contributed by atoms with Gasteiger partial charge in [-0.1, -0.05) is 6.08 Å². The number of allylic oxidation sites excluding steroid dienone is 2. The number of aliphatic hydroxyl groups excluding tert-OH is 1. The number of furan rings is 1. The summed E-state index contributed by atoms with van der Waals surface area (Å²) in [4.78, 5) is 40.5. The van der Waals surface area contributed by atoms with E-state index >= 15 is 0 Å². The molecular weight excluding hydrogens is 380 g/mol. The second-order valence-electron chi connectivity index (χ2n) is 6.73. The Kier molecular flexibility index (Phi) is 7.11. The molecule has 1 unspecified atom stereocenters. The third-order valence-electron chi connectivity index (χ3n) is 4.88. The zero-order valence-electron chi connectivity index (χ0n) is 15.6. The Morgan fingerprint density at radius 2 is 2.21 bits per heavy atom. The van der Waals surface area contributed by atoms with Crippen LogP contribution in [-0.2, 0) is 9.59 Å². The third kappa shape index (κ3) is 4.94. The molecule has 2 aliphatic heterocycles. The minimum absolute atomic E-state index is 0.0489. The molecule has 150 valence electrons. The first-order valence-electron chi connectivity index (χ1n) is 9.46. The second-order valence-corrected chi connectivity index (χ2v) is 7.72. The van der Waals surface area contributed by atoms with Gasteiger partial charge in [0.2, 0.25) is 5.91 Å². The first-order chi connectivity index (χ1) is 13.6. The van der Waals surface area contributed by atoms with Gasteiger partial charge >= 0.3 is 0 Å². The van der Waals surface area contributed by atoms with Gasteiger partial charge in [0.1, 0.15) is 5.76 Å². The number of rotatable bonds is 7. The molecule has 3 rings (SSSR count). The van der Waals surface area contributed by atoms with E-state index in [2.05, 4.69) is 0 Å². The monoisotopic (exact) mass is 404 g/mol. The number of amides is 3. The molecule has 0 aliphatic carbocycles. The van der Waals surface area contributed by atoms with Crippen LogP contribution in [0, 0.1) is 0 Å². The number of aliphatic hydroxyl groups is 1. The molecule has 28 heavy (non-hydrogen) atoms. The van der Waals surface area contributed by atoms with E-state index < -0.39 is 0 Å². The van der Waals surface area contributed by atoms with Crippen LogP contribution in [-0.4, -0.2) is 57.7 Å². The molecule has 1 atom stereocenters.